The number of aliphatic imine (C=N–C) groups is 1. The molecule has 0 atom stereocenters. The van der Waals surface area contributed by atoms with Gasteiger partial charge in [-0.05, 0) is 50.3 Å². The second-order valence-corrected chi connectivity index (χ2v) is 7.22. The van der Waals surface area contributed by atoms with E-state index in [2.05, 4.69) is 27.9 Å². The molecule has 0 aromatic heterocycles. The third-order valence-electron chi connectivity index (χ3n) is 4.37. The first-order chi connectivity index (χ1) is 14.2. The fourth-order valence-corrected chi connectivity index (χ4v) is 2.62. The first-order valence-corrected chi connectivity index (χ1v) is 10.8. The summed E-state index contributed by atoms with van der Waals surface area (Å²) in [5, 5.41) is 9.51. The highest BCUT2D eigenvalue weighted by molar-refractivity contribution is 14.0. The monoisotopic (exact) mass is 532 g/mol. The molecular weight excluding hydrogens is 495 g/mol. The number of hydrogen-bond acceptors (Lipinski definition) is 4. The van der Waals surface area contributed by atoms with E-state index in [1.165, 1.54) is 0 Å². The van der Waals surface area contributed by atoms with Gasteiger partial charge in [-0.15, -0.1) is 24.0 Å². The standard InChI is InChI=1S/C22H36N4O3.HI/c1-3-5-13-28-14-7-12-24-22(23-4-2)25-16-18-8-6-9-20(15-18)29-17-21(27)26-19-10-11-19;/h6,8-9,15,19H,3-5,7,10-14,16-17H2,1-2H3,(H,26,27)(H2,23,24,25);1H. The van der Waals surface area contributed by atoms with Gasteiger partial charge in [0.2, 0.25) is 0 Å². The fraction of sp³-hybridized carbons (Fsp3) is 0.636. The number of carbonyl (C=O) groups excluding carboxylic acids is 1. The third-order valence-corrected chi connectivity index (χ3v) is 4.37. The lowest BCUT2D eigenvalue weighted by molar-refractivity contribution is -0.123. The van der Waals surface area contributed by atoms with Crippen LogP contribution in [-0.4, -0.2) is 50.8 Å². The zero-order chi connectivity index (χ0) is 20.7. The second-order valence-electron chi connectivity index (χ2n) is 7.22. The van der Waals surface area contributed by atoms with E-state index in [9.17, 15) is 4.79 Å². The van der Waals surface area contributed by atoms with E-state index < -0.39 is 0 Å². The minimum Gasteiger partial charge on any atom is -0.484 e. The van der Waals surface area contributed by atoms with E-state index in [0.29, 0.717) is 18.3 Å². The van der Waals surface area contributed by atoms with Crippen LogP contribution in [0.15, 0.2) is 29.3 Å². The van der Waals surface area contributed by atoms with E-state index in [4.69, 9.17) is 9.47 Å². The largest absolute Gasteiger partial charge is 0.484 e. The lowest BCUT2D eigenvalue weighted by atomic mass is 10.2. The molecule has 0 radical (unpaired) electrons. The third kappa shape index (κ3) is 12.2. The summed E-state index contributed by atoms with van der Waals surface area (Å²) in [5.74, 6) is 1.41. The van der Waals surface area contributed by atoms with Gasteiger partial charge < -0.3 is 25.4 Å². The topological polar surface area (TPSA) is 84.0 Å². The molecule has 7 nitrogen and oxygen atoms in total. The molecule has 0 aliphatic heterocycles. The molecule has 1 fully saturated rings. The maximum Gasteiger partial charge on any atom is 0.258 e. The van der Waals surface area contributed by atoms with Crippen molar-refractivity contribution in [3.63, 3.8) is 0 Å². The maximum absolute atomic E-state index is 11.8. The van der Waals surface area contributed by atoms with E-state index in [-0.39, 0.29) is 36.5 Å². The van der Waals surface area contributed by atoms with Gasteiger partial charge in [-0.1, -0.05) is 25.5 Å². The van der Waals surface area contributed by atoms with Crippen molar-refractivity contribution in [3.05, 3.63) is 29.8 Å². The van der Waals surface area contributed by atoms with Crippen molar-refractivity contribution in [1.82, 2.24) is 16.0 Å². The van der Waals surface area contributed by atoms with Crippen molar-refractivity contribution in [2.24, 2.45) is 4.99 Å². The number of halogens is 1. The smallest absolute Gasteiger partial charge is 0.258 e. The molecule has 1 aliphatic rings. The summed E-state index contributed by atoms with van der Waals surface area (Å²) in [5.41, 5.74) is 1.03. The Bertz CT molecular complexity index is 639. The Morgan fingerprint density at radius 1 is 1.17 bits per heavy atom. The van der Waals surface area contributed by atoms with Crippen LogP contribution >= 0.6 is 24.0 Å². The zero-order valence-corrected chi connectivity index (χ0v) is 20.6. The number of guanidine groups is 1. The molecule has 30 heavy (non-hydrogen) atoms. The van der Waals surface area contributed by atoms with E-state index in [1.54, 1.807) is 0 Å². The highest BCUT2D eigenvalue weighted by Crippen LogP contribution is 2.18. The number of hydrogen-bond donors (Lipinski definition) is 3. The van der Waals surface area contributed by atoms with Crippen LogP contribution < -0.4 is 20.7 Å². The van der Waals surface area contributed by atoms with Gasteiger partial charge in [0.1, 0.15) is 5.75 Å². The zero-order valence-electron chi connectivity index (χ0n) is 18.2. The predicted octanol–water partition coefficient (Wildman–Crippen LogP) is 3.22. The molecule has 1 aromatic rings. The number of benzene rings is 1. The van der Waals surface area contributed by atoms with Crippen LogP contribution in [0, 0.1) is 0 Å². The lowest BCUT2D eigenvalue weighted by Gasteiger charge is -2.12. The lowest BCUT2D eigenvalue weighted by Crippen LogP contribution is -2.38. The first kappa shape index (κ1) is 26.5. The molecular formula is C22H37IN4O3. The van der Waals surface area contributed by atoms with Crippen molar-refractivity contribution in [1.29, 1.82) is 0 Å². The van der Waals surface area contributed by atoms with Crippen molar-refractivity contribution < 1.29 is 14.3 Å². The highest BCUT2D eigenvalue weighted by atomic mass is 127. The van der Waals surface area contributed by atoms with Crippen LogP contribution in [0.5, 0.6) is 5.75 Å². The molecule has 0 spiro atoms. The SMILES string of the molecule is CCCCOCCCNC(=NCc1cccc(OCC(=O)NC2CC2)c1)NCC.I. The quantitative estimate of drug-likeness (QED) is 0.148. The van der Waals surface area contributed by atoms with E-state index in [1.807, 2.05) is 31.2 Å². The molecule has 0 heterocycles. The first-order valence-electron chi connectivity index (χ1n) is 10.8. The highest BCUT2D eigenvalue weighted by Gasteiger charge is 2.23. The Morgan fingerprint density at radius 3 is 2.70 bits per heavy atom. The Labute approximate surface area is 197 Å². The van der Waals surface area contributed by atoms with Gasteiger partial charge in [0.05, 0.1) is 6.54 Å². The molecule has 3 N–H and O–H groups in total. The number of ether oxygens (including phenoxy) is 2. The van der Waals surface area contributed by atoms with Crippen molar-refractivity contribution >= 4 is 35.8 Å². The number of nitrogens with zero attached hydrogens (tertiary/aromatic N) is 1. The molecule has 0 saturated heterocycles. The van der Waals surface area contributed by atoms with Gasteiger partial charge in [-0.2, -0.15) is 0 Å². The van der Waals surface area contributed by atoms with E-state index in [0.717, 1.165) is 69.9 Å². The number of unbranched alkanes of at least 4 members (excludes halogenated alkanes) is 1. The Hall–Kier alpha value is -1.55. The van der Waals surface area contributed by atoms with Crippen LogP contribution in [0.2, 0.25) is 0 Å². The minimum atomic E-state index is -0.0618. The Balaban J connectivity index is 0.00000450. The van der Waals surface area contributed by atoms with Gasteiger partial charge in [0, 0.05) is 32.3 Å². The Morgan fingerprint density at radius 2 is 1.97 bits per heavy atom. The fourth-order valence-electron chi connectivity index (χ4n) is 2.62. The van der Waals surface area contributed by atoms with Gasteiger partial charge in [0.25, 0.3) is 5.91 Å². The van der Waals surface area contributed by atoms with Crippen molar-refractivity contribution in [2.75, 3.05) is 32.9 Å². The molecule has 1 saturated carbocycles. The maximum atomic E-state index is 11.8. The predicted molar refractivity (Wildman–Crippen MR) is 132 cm³/mol. The molecule has 1 aromatic carbocycles. The minimum absolute atomic E-state index is 0. The van der Waals surface area contributed by atoms with Gasteiger partial charge >= 0.3 is 0 Å². The summed E-state index contributed by atoms with van der Waals surface area (Å²) in [4.78, 5) is 16.4. The summed E-state index contributed by atoms with van der Waals surface area (Å²) >= 11 is 0. The van der Waals surface area contributed by atoms with Crippen LogP contribution in [0.4, 0.5) is 0 Å². The van der Waals surface area contributed by atoms with Crippen LogP contribution in [-0.2, 0) is 16.1 Å². The number of amides is 1. The second kappa shape index (κ2) is 16.2. The molecule has 0 bridgehead atoms. The molecule has 8 heteroatoms. The average Bonchev–Trinajstić information content (AvgIpc) is 3.54. The van der Waals surface area contributed by atoms with Crippen LogP contribution in [0.1, 0.15) is 51.5 Å². The molecule has 1 amide bonds. The molecule has 170 valence electrons. The van der Waals surface area contributed by atoms with Crippen molar-refractivity contribution in [3.8, 4) is 5.75 Å². The average molecular weight is 532 g/mol. The number of rotatable bonds is 14. The summed E-state index contributed by atoms with van der Waals surface area (Å²) in [6.07, 6.45) is 5.38. The molecule has 0 unspecified atom stereocenters. The number of nitrogens with one attached hydrogen (secondary N) is 3. The van der Waals surface area contributed by atoms with Crippen LogP contribution in [0.3, 0.4) is 0 Å². The Kier molecular flexibility index (Phi) is 14.3. The summed E-state index contributed by atoms with van der Waals surface area (Å²) < 4.78 is 11.2. The number of carbonyl (C=O) groups is 1. The molecule has 1 aliphatic carbocycles. The summed E-state index contributed by atoms with van der Waals surface area (Å²) in [6, 6.07) is 8.07. The van der Waals surface area contributed by atoms with Gasteiger partial charge in [-0.25, -0.2) is 4.99 Å². The van der Waals surface area contributed by atoms with E-state index >= 15 is 0 Å². The normalized spacial score (nSPS) is 13.3. The summed E-state index contributed by atoms with van der Waals surface area (Å²) in [6.45, 7) is 8.02. The van der Waals surface area contributed by atoms with Gasteiger partial charge in [-0.3, -0.25) is 4.79 Å². The van der Waals surface area contributed by atoms with Gasteiger partial charge in [0.15, 0.2) is 12.6 Å². The van der Waals surface area contributed by atoms with Crippen LogP contribution in [0.25, 0.3) is 0 Å². The van der Waals surface area contributed by atoms with Crippen molar-refractivity contribution in [2.45, 2.75) is 58.5 Å². The molecule has 2 rings (SSSR count). The summed E-state index contributed by atoms with van der Waals surface area (Å²) in [7, 11) is 0.